The monoisotopic (exact) mass is 342 g/mol. The van der Waals surface area contributed by atoms with Crippen molar-refractivity contribution in [3.05, 3.63) is 69.7 Å². The van der Waals surface area contributed by atoms with Crippen LogP contribution in [0.3, 0.4) is 0 Å². The van der Waals surface area contributed by atoms with Crippen LogP contribution in [0.15, 0.2) is 50.9 Å². The predicted octanol–water partition coefficient (Wildman–Crippen LogP) is 2.99. The summed E-state index contributed by atoms with van der Waals surface area (Å²) in [7, 11) is 0. The Morgan fingerprint density at radius 2 is 2.04 bits per heavy atom. The van der Waals surface area contributed by atoms with E-state index >= 15 is 0 Å². The maximum atomic E-state index is 11.6. The van der Waals surface area contributed by atoms with Gasteiger partial charge in [0.2, 0.25) is 5.89 Å². The van der Waals surface area contributed by atoms with Crippen LogP contribution in [0.2, 0.25) is 0 Å². The molecular weight excluding hydrogens is 324 g/mol. The number of H-pyrrole nitrogens is 1. The van der Waals surface area contributed by atoms with E-state index in [1.165, 1.54) is 17.8 Å². The number of hydrogen-bond donors (Lipinski definition) is 1. The Morgan fingerprint density at radius 3 is 2.83 bits per heavy atom. The van der Waals surface area contributed by atoms with Gasteiger partial charge in [-0.3, -0.25) is 4.79 Å². The minimum atomic E-state index is -0.133. The molecule has 0 atom stereocenters. The molecule has 0 saturated carbocycles. The van der Waals surface area contributed by atoms with E-state index < -0.39 is 0 Å². The third-order valence-corrected chi connectivity index (χ3v) is 4.18. The fraction of sp³-hybridized carbons (Fsp3) is 0.294. The first-order valence-electron chi connectivity index (χ1n) is 7.81. The number of thioether (sulfide) groups is 1. The summed E-state index contributed by atoms with van der Waals surface area (Å²) in [6.07, 6.45) is 2.38. The van der Waals surface area contributed by atoms with E-state index in [0.29, 0.717) is 29.0 Å². The van der Waals surface area contributed by atoms with Gasteiger partial charge in [-0.25, -0.2) is 4.98 Å². The molecule has 3 rings (SSSR count). The Hall–Kier alpha value is -2.41. The molecule has 7 heteroatoms. The van der Waals surface area contributed by atoms with E-state index in [1.807, 2.05) is 30.3 Å². The maximum Gasteiger partial charge on any atom is 0.251 e. The van der Waals surface area contributed by atoms with Gasteiger partial charge in [-0.05, 0) is 12.0 Å². The van der Waals surface area contributed by atoms with Gasteiger partial charge in [0.25, 0.3) is 5.56 Å². The van der Waals surface area contributed by atoms with E-state index in [9.17, 15) is 4.79 Å². The highest BCUT2D eigenvalue weighted by Crippen LogP contribution is 2.18. The molecular formula is C17H18N4O2S. The molecule has 1 aromatic carbocycles. The summed E-state index contributed by atoms with van der Waals surface area (Å²) in [5.41, 5.74) is 1.81. The smallest absolute Gasteiger partial charge is 0.251 e. The topological polar surface area (TPSA) is 84.7 Å². The lowest BCUT2D eigenvalue weighted by Gasteiger charge is -2.01. The fourth-order valence-electron chi connectivity index (χ4n) is 2.27. The molecule has 0 aliphatic carbocycles. The number of nitrogens with zero attached hydrogens (tertiary/aromatic N) is 3. The van der Waals surface area contributed by atoms with Gasteiger partial charge in [-0.2, -0.15) is 4.98 Å². The van der Waals surface area contributed by atoms with Crippen LogP contribution in [0.25, 0.3) is 0 Å². The molecule has 2 aromatic heterocycles. The zero-order chi connectivity index (χ0) is 16.8. The third kappa shape index (κ3) is 4.55. The van der Waals surface area contributed by atoms with Crippen LogP contribution in [-0.4, -0.2) is 20.1 Å². The van der Waals surface area contributed by atoms with E-state index in [4.69, 9.17) is 4.52 Å². The Bertz CT molecular complexity index is 845. The summed E-state index contributed by atoms with van der Waals surface area (Å²) in [6.45, 7) is 2.06. The standard InChI is InChI=1S/C17H18N4O2S/c1-2-6-13-10-15(22)20-17(18-13)24-11-16-19-14(21-23-16)9-12-7-4-3-5-8-12/h3-5,7-8,10H,2,6,9,11H2,1H3,(H,18,20,22). The summed E-state index contributed by atoms with van der Waals surface area (Å²) in [5, 5.41) is 4.57. The summed E-state index contributed by atoms with van der Waals surface area (Å²) in [6, 6.07) is 11.5. The maximum absolute atomic E-state index is 11.6. The number of benzene rings is 1. The first-order valence-corrected chi connectivity index (χ1v) is 8.80. The number of aromatic nitrogens is 4. The number of rotatable bonds is 7. The molecule has 2 heterocycles. The first kappa shape index (κ1) is 16.4. The lowest BCUT2D eigenvalue weighted by atomic mass is 10.1. The van der Waals surface area contributed by atoms with Gasteiger partial charge in [0, 0.05) is 18.2 Å². The molecule has 6 nitrogen and oxygen atoms in total. The van der Waals surface area contributed by atoms with Crippen molar-refractivity contribution in [3.8, 4) is 0 Å². The van der Waals surface area contributed by atoms with Crippen LogP contribution < -0.4 is 5.56 Å². The minimum Gasteiger partial charge on any atom is -0.338 e. The Kier molecular flexibility index (Phi) is 5.43. The number of aryl methyl sites for hydroxylation is 1. The average molecular weight is 342 g/mol. The zero-order valence-electron chi connectivity index (χ0n) is 13.4. The van der Waals surface area contributed by atoms with Crippen LogP contribution in [0.5, 0.6) is 0 Å². The Balaban J connectivity index is 1.62. The average Bonchev–Trinajstić information content (AvgIpc) is 3.01. The van der Waals surface area contributed by atoms with E-state index in [0.717, 1.165) is 24.1 Å². The Labute approximate surface area is 143 Å². The molecule has 1 N–H and O–H groups in total. The summed E-state index contributed by atoms with van der Waals surface area (Å²) < 4.78 is 5.26. The van der Waals surface area contributed by atoms with E-state index in [-0.39, 0.29) is 5.56 Å². The second kappa shape index (κ2) is 7.92. The minimum absolute atomic E-state index is 0.133. The molecule has 0 spiro atoms. The summed E-state index contributed by atoms with van der Waals surface area (Å²) in [4.78, 5) is 23.2. The predicted molar refractivity (Wildman–Crippen MR) is 92.0 cm³/mol. The largest absolute Gasteiger partial charge is 0.338 e. The van der Waals surface area contributed by atoms with Crippen molar-refractivity contribution in [2.24, 2.45) is 0 Å². The first-order chi connectivity index (χ1) is 11.7. The quantitative estimate of drug-likeness (QED) is 0.525. The molecule has 0 fully saturated rings. The lowest BCUT2D eigenvalue weighted by molar-refractivity contribution is 0.385. The molecule has 0 unspecified atom stereocenters. The summed E-state index contributed by atoms with van der Waals surface area (Å²) >= 11 is 1.38. The van der Waals surface area contributed by atoms with E-state index in [2.05, 4.69) is 27.0 Å². The summed E-state index contributed by atoms with van der Waals surface area (Å²) in [5.74, 6) is 1.65. The highest BCUT2D eigenvalue weighted by molar-refractivity contribution is 7.98. The normalized spacial score (nSPS) is 10.9. The molecule has 0 amide bonds. The lowest BCUT2D eigenvalue weighted by Crippen LogP contribution is -2.10. The van der Waals surface area contributed by atoms with E-state index in [1.54, 1.807) is 0 Å². The molecule has 0 bridgehead atoms. The van der Waals surface area contributed by atoms with Crippen molar-refractivity contribution in [1.82, 2.24) is 20.1 Å². The third-order valence-electron chi connectivity index (χ3n) is 3.33. The second-order valence-electron chi connectivity index (χ2n) is 5.35. The molecule has 0 aliphatic rings. The molecule has 24 heavy (non-hydrogen) atoms. The van der Waals surface area contributed by atoms with Crippen molar-refractivity contribution < 1.29 is 4.52 Å². The highest BCUT2D eigenvalue weighted by atomic mass is 32.2. The van der Waals surface area contributed by atoms with Crippen LogP contribution in [-0.2, 0) is 18.6 Å². The SMILES string of the molecule is CCCc1cc(=O)[nH]c(SCc2nc(Cc3ccccc3)no2)n1. The van der Waals surface area contributed by atoms with Crippen LogP contribution >= 0.6 is 11.8 Å². The van der Waals surface area contributed by atoms with Gasteiger partial charge >= 0.3 is 0 Å². The Morgan fingerprint density at radius 1 is 1.21 bits per heavy atom. The zero-order valence-corrected chi connectivity index (χ0v) is 14.2. The fourth-order valence-corrected chi connectivity index (χ4v) is 3.00. The van der Waals surface area contributed by atoms with Gasteiger partial charge < -0.3 is 9.51 Å². The van der Waals surface area contributed by atoms with Gasteiger partial charge in [0.1, 0.15) is 0 Å². The van der Waals surface area contributed by atoms with Crippen LogP contribution in [0, 0.1) is 0 Å². The molecule has 0 saturated heterocycles. The molecule has 0 aliphatic heterocycles. The van der Waals surface area contributed by atoms with Crippen molar-refractivity contribution in [3.63, 3.8) is 0 Å². The van der Waals surface area contributed by atoms with Crippen LogP contribution in [0.1, 0.15) is 36.3 Å². The molecule has 124 valence electrons. The highest BCUT2D eigenvalue weighted by Gasteiger charge is 2.09. The van der Waals surface area contributed by atoms with Crippen molar-refractivity contribution in [1.29, 1.82) is 0 Å². The molecule has 0 radical (unpaired) electrons. The van der Waals surface area contributed by atoms with Crippen molar-refractivity contribution in [2.75, 3.05) is 0 Å². The number of nitrogens with one attached hydrogen (secondary N) is 1. The second-order valence-corrected chi connectivity index (χ2v) is 6.31. The van der Waals surface area contributed by atoms with Gasteiger partial charge in [0.15, 0.2) is 11.0 Å². The van der Waals surface area contributed by atoms with Gasteiger partial charge in [-0.15, -0.1) is 0 Å². The van der Waals surface area contributed by atoms with Gasteiger partial charge in [0.05, 0.1) is 5.75 Å². The van der Waals surface area contributed by atoms with Crippen LogP contribution in [0.4, 0.5) is 0 Å². The number of hydrogen-bond acceptors (Lipinski definition) is 6. The van der Waals surface area contributed by atoms with Gasteiger partial charge in [-0.1, -0.05) is 60.6 Å². The number of aromatic amines is 1. The van der Waals surface area contributed by atoms with Crippen molar-refractivity contribution >= 4 is 11.8 Å². The molecule has 3 aromatic rings. The van der Waals surface area contributed by atoms with Crippen molar-refractivity contribution in [2.45, 2.75) is 37.1 Å².